The molecule has 0 radical (unpaired) electrons. The van der Waals surface area contributed by atoms with Crippen LogP contribution in [0.3, 0.4) is 0 Å². The fourth-order valence-electron chi connectivity index (χ4n) is 2.25. The molecule has 1 heterocycles. The molecule has 0 spiro atoms. The number of nitrogen functional groups attached to an aromatic ring is 1. The minimum absolute atomic E-state index is 0.0675. The van der Waals surface area contributed by atoms with Gasteiger partial charge in [-0.15, -0.1) is 0 Å². The number of nitrogens with one attached hydrogen (secondary N) is 2. The summed E-state index contributed by atoms with van der Waals surface area (Å²) >= 11 is 0. The van der Waals surface area contributed by atoms with Crippen LogP contribution < -0.4 is 16.5 Å². The van der Waals surface area contributed by atoms with Crippen LogP contribution in [0.25, 0.3) is 10.9 Å². The Bertz CT molecular complexity index is 929. The molecular weight excluding hydrogens is 278 g/mol. The number of benzene rings is 2. The molecular formula is C17H15N3O2. The van der Waals surface area contributed by atoms with Gasteiger partial charge in [-0.3, -0.25) is 9.59 Å². The molecule has 0 saturated heterocycles. The minimum atomic E-state index is -0.463. The summed E-state index contributed by atoms with van der Waals surface area (Å²) in [6, 6.07) is 12.3. The summed E-state index contributed by atoms with van der Waals surface area (Å²) in [4.78, 5) is 27.6. The van der Waals surface area contributed by atoms with Crippen molar-refractivity contribution in [2.24, 2.45) is 0 Å². The van der Waals surface area contributed by atoms with Crippen molar-refractivity contribution in [3.63, 3.8) is 0 Å². The quantitative estimate of drug-likeness (QED) is 0.635. The van der Waals surface area contributed by atoms with Crippen molar-refractivity contribution in [3.05, 3.63) is 70.0 Å². The predicted octanol–water partition coefficient (Wildman–Crippen LogP) is 2.67. The molecule has 0 aliphatic heterocycles. The molecule has 0 aliphatic carbocycles. The van der Waals surface area contributed by atoms with E-state index in [-0.39, 0.29) is 11.0 Å². The Morgan fingerprint density at radius 2 is 1.95 bits per heavy atom. The third-order valence-electron chi connectivity index (χ3n) is 3.57. The number of nitrogens with two attached hydrogens (primary N) is 1. The minimum Gasteiger partial charge on any atom is -0.398 e. The molecule has 0 unspecified atom stereocenters. The molecule has 3 aromatic rings. The van der Waals surface area contributed by atoms with Crippen LogP contribution in [0.1, 0.15) is 15.9 Å². The second kappa shape index (κ2) is 5.37. The third kappa shape index (κ3) is 2.44. The largest absolute Gasteiger partial charge is 0.398 e. The highest BCUT2D eigenvalue weighted by atomic mass is 16.2. The highest BCUT2D eigenvalue weighted by molar-refractivity contribution is 6.05. The number of fused-ring (bicyclic) bond motifs is 1. The number of hydrogen-bond acceptors (Lipinski definition) is 3. The summed E-state index contributed by atoms with van der Waals surface area (Å²) in [6.45, 7) is 1.88. The fourth-order valence-corrected chi connectivity index (χ4v) is 2.25. The van der Waals surface area contributed by atoms with Crippen molar-refractivity contribution in [2.45, 2.75) is 6.92 Å². The zero-order valence-electron chi connectivity index (χ0n) is 12.0. The molecule has 1 amide bonds. The van der Waals surface area contributed by atoms with Crippen LogP contribution in [0, 0.1) is 6.92 Å². The molecule has 2 aromatic carbocycles. The molecule has 5 nitrogen and oxygen atoms in total. The van der Waals surface area contributed by atoms with Crippen LogP contribution >= 0.6 is 0 Å². The smallest absolute Gasteiger partial charge is 0.261 e. The Morgan fingerprint density at radius 3 is 2.73 bits per heavy atom. The molecule has 5 heteroatoms. The Kier molecular flexibility index (Phi) is 3.39. The van der Waals surface area contributed by atoms with E-state index >= 15 is 0 Å². The topological polar surface area (TPSA) is 88.0 Å². The molecule has 110 valence electrons. The number of para-hydroxylation sites is 1. The van der Waals surface area contributed by atoms with Gasteiger partial charge in [0.2, 0.25) is 5.43 Å². The van der Waals surface area contributed by atoms with Gasteiger partial charge in [0.25, 0.3) is 5.91 Å². The molecule has 0 atom stereocenters. The zero-order chi connectivity index (χ0) is 15.7. The number of rotatable bonds is 2. The van der Waals surface area contributed by atoms with Crippen LogP contribution in [-0.2, 0) is 0 Å². The van der Waals surface area contributed by atoms with E-state index in [1.165, 1.54) is 6.20 Å². The number of carbonyl (C=O) groups excluding carboxylic acids is 1. The van der Waals surface area contributed by atoms with Gasteiger partial charge in [-0.25, -0.2) is 0 Å². The van der Waals surface area contributed by atoms with E-state index in [1.807, 2.05) is 19.1 Å². The maximum Gasteiger partial charge on any atom is 0.261 e. The number of pyridine rings is 1. The van der Waals surface area contributed by atoms with Crippen molar-refractivity contribution in [2.75, 3.05) is 11.1 Å². The van der Waals surface area contributed by atoms with E-state index in [4.69, 9.17) is 5.73 Å². The molecule has 0 aliphatic rings. The van der Waals surface area contributed by atoms with Gasteiger partial charge in [-0.2, -0.15) is 0 Å². The summed E-state index contributed by atoms with van der Waals surface area (Å²) in [5, 5.41) is 3.18. The van der Waals surface area contributed by atoms with Crippen LogP contribution in [0.2, 0.25) is 0 Å². The molecule has 3 rings (SSSR count). The molecule has 22 heavy (non-hydrogen) atoms. The van der Waals surface area contributed by atoms with Crippen molar-refractivity contribution in [1.29, 1.82) is 0 Å². The van der Waals surface area contributed by atoms with Gasteiger partial charge >= 0.3 is 0 Å². The van der Waals surface area contributed by atoms with Crippen molar-refractivity contribution < 1.29 is 4.79 Å². The van der Waals surface area contributed by atoms with E-state index in [0.29, 0.717) is 22.3 Å². The number of anilines is 2. The van der Waals surface area contributed by atoms with Crippen LogP contribution in [-0.4, -0.2) is 10.9 Å². The lowest BCUT2D eigenvalue weighted by Gasteiger charge is -2.08. The average molecular weight is 293 g/mol. The van der Waals surface area contributed by atoms with E-state index < -0.39 is 5.91 Å². The number of aryl methyl sites for hydroxylation is 1. The molecule has 0 saturated carbocycles. The number of H-pyrrole nitrogens is 1. The van der Waals surface area contributed by atoms with E-state index in [1.54, 1.807) is 30.3 Å². The van der Waals surface area contributed by atoms with Gasteiger partial charge in [0.05, 0.1) is 0 Å². The first-order valence-electron chi connectivity index (χ1n) is 6.84. The monoisotopic (exact) mass is 293 g/mol. The van der Waals surface area contributed by atoms with Gasteiger partial charge in [0, 0.05) is 28.5 Å². The Morgan fingerprint density at radius 1 is 1.18 bits per heavy atom. The summed E-state index contributed by atoms with van der Waals surface area (Å²) in [7, 11) is 0. The summed E-state index contributed by atoms with van der Waals surface area (Å²) < 4.78 is 0. The van der Waals surface area contributed by atoms with Crippen molar-refractivity contribution >= 4 is 28.2 Å². The maximum absolute atomic E-state index is 12.4. The number of aromatic amines is 1. The summed E-state index contributed by atoms with van der Waals surface area (Å²) in [5.74, 6) is -0.463. The molecule has 0 bridgehead atoms. The number of carbonyl (C=O) groups is 1. The van der Waals surface area contributed by atoms with Gasteiger partial charge in [-0.05, 0) is 36.8 Å². The van der Waals surface area contributed by atoms with Gasteiger partial charge in [-0.1, -0.05) is 18.2 Å². The van der Waals surface area contributed by atoms with E-state index in [0.717, 1.165) is 5.56 Å². The Balaban J connectivity index is 1.97. The lowest BCUT2D eigenvalue weighted by atomic mass is 10.1. The SMILES string of the molecule is Cc1ccc(NC(=O)c2c[nH]c3ccccc3c2=O)cc1N. The highest BCUT2D eigenvalue weighted by Crippen LogP contribution is 2.17. The summed E-state index contributed by atoms with van der Waals surface area (Å²) in [6.07, 6.45) is 1.43. The van der Waals surface area contributed by atoms with Crippen LogP contribution in [0.4, 0.5) is 11.4 Å². The lowest BCUT2D eigenvalue weighted by molar-refractivity contribution is 0.102. The average Bonchev–Trinajstić information content (AvgIpc) is 2.51. The summed E-state index contributed by atoms with van der Waals surface area (Å²) in [5.41, 5.74) is 8.36. The van der Waals surface area contributed by atoms with Gasteiger partial charge in [0.1, 0.15) is 5.56 Å². The van der Waals surface area contributed by atoms with Crippen LogP contribution in [0.15, 0.2) is 53.5 Å². The molecule has 1 aromatic heterocycles. The molecule has 0 fully saturated rings. The van der Waals surface area contributed by atoms with Crippen molar-refractivity contribution in [3.8, 4) is 0 Å². The van der Waals surface area contributed by atoms with Gasteiger partial charge < -0.3 is 16.0 Å². The second-order valence-electron chi connectivity index (χ2n) is 5.10. The first-order valence-corrected chi connectivity index (χ1v) is 6.84. The molecule has 4 N–H and O–H groups in total. The number of hydrogen-bond donors (Lipinski definition) is 3. The van der Waals surface area contributed by atoms with Crippen molar-refractivity contribution in [1.82, 2.24) is 4.98 Å². The van der Waals surface area contributed by atoms with E-state index in [2.05, 4.69) is 10.3 Å². The zero-order valence-corrected chi connectivity index (χ0v) is 12.0. The third-order valence-corrected chi connectivity index (χ3v) is 3.57. The standard InChI is InChI=1S/C17H15N3O2/c1-10-6-7-11(8-14(10)18)20-17(22)13-9-19-15-5-3-2-4-12(15)16(13)21/h2-9H,18H2,1H3,(H,19,21)(H,20,22). The van der Waals surface area contributed by atoms with Crippen LogP contribution in [0.5, 0.6) is 0 Å². The lowest BCUT2D eigenvalue weighted by Crippen LogP contribution is -2.22. The Hall–Kier alpha value is -3.08. The maximum atomic E-state index is 12.4. The predicted molar refractivity (Wildman–Crippen MR) is 88.1 cm³/mol. The Labute approximate surface area is 126 Å². The first-order chi connectivity index (χ1) is 10.6. The number of amides is 1. The van der Waals surface area contributed by atoms with Gasteiger partial charge in [0.15, 0.2) is 0 Å². The highest BCUT2D eigenvalue weighted by Gasteiger charge is 2.13. The second-order valence-corrected chi connectivity index (χ2v) is 5.10. The first kappa shape index (κ1) is 13.9. The fraction of sp³-hybridized carbons (Fsp3) is 0.0588. The normalized spacial score (nSPS) is 10.6. The number of aromatic nitrogens is 1. The van der Waals surface area contributed by atoms with E-state index in [9.17, 15) is 9.59 Å².